The third-order valence-electron chi connectivity index (χ3n) is 12.2. The first-order chi connectivity index (χ1) is 26.8. The number of hydrogen-bond donors (Lipinski definition) is 0. The molecule has 9 aromatic rings. The van der Waals surface area contributed by atoms with Gasteiger partial charge in [0, 0.05) is 17.1 Å². The Morgan fingerprint density at radius 3 is 1.57 bits per heavy atom. The number of fused-ring (bicyclic) bond motifs is 6. The monoisotopic (exact) mass is 683 g/mol. The second-order valence-electron chi connectivity index (χ2n) is 14.8. The highest BCUT2D eigenvalue weighted by atomic mass is 15.1. The molecule has 0 amide bonds. The zero-order chi connectivity index (χ0) is 35.4. The van der Waals surface area contributed by atoms with E-state index in [9.17, 15) is 0 Å². The third kappa shape index (κ3) is 3.93. The van der Waals surface area contributed by atoms with Crippen molar-refractivity contribution in [1.29, 1.82) is 0 Å². The van der Waals surface area contributed by atoms with E-state index in [1.54, 1.807) is 0 Å². The van der Waals surface area contributed by atoms with Crippen LogP contribution in [0.2, 0.25) is 0 Å². The molecule has 12 rings (SSSR count). The van der Waals surface area contributed by atoms with Crippen molar-refractivity contribution in [3.05, 3.63) is 222 Å². The minimum Gasteiger partial charge on any atom is -0.310 e. The van der Waals surface area contributed by atoms with Crippen LogP contribution in [-0.2, 0) is 5.41 Å². The molecule has 1 nitrogen and oxygen atoms in total. The molecule has 0 radical (unpaired) electrons. The van der Waals surface area contributed by atoms with Crippen LogP contribution in [0.4, 0.5) is 17.1 Å². The molecule has 1 unspecified atom stereocenters. The number of rotatable bonds is 5. The molecule has 1 spiro atoms. The summed E-state index contributed by atoms with van der Waals surface area (Å²) in [6, 6.07) is 74.1. The number of anilines is 3. The fourth-order valence-electron chi connectivity index (χ4n) is 9.95. The average Bonchev–Trinajstić information content (AvgIpc) is 3.84. The van der Waals surface area contributed by atoms with Gasteiger partial charge in [0.1, 0.15) is 0 Å². The van der Waals surface area contributed by atoms with E-state index in [4.69, 9.17) is 0 Å². The van der Waals surface area contributed by atoms with Gasteiger partial charge in [-0.3, -0.25) is 0 Å². The molecule has 1 atom stereocenters. The highest BCUT2D eigenvalue weighted by Crippen LogP contribution is 2.70. The van der Waals surface area contributed by atoms with Gasteiger partial charge >= 0.3 is 0 Å². The summed E-state index contributed by atoms with van der Waals surface area (Å²) in [4.78, 5) is 2.36. The lowest BCUT2D eigenvalue weighted by Gasteiger charge is -2.28. The van der Waals surface area contributed by atoms with Crippen molar-refractivity contribution >= 4 is 27.8 Å². The van der Waals surface area contributed by atoms with Crippen molar-refractivity contribution in [2.75, 3.05) is 4.90 Å². The van der Waals surface area contributed by atoms with E-state index in [1.165, 1.54) is 88.7 Å². The zero-order valence-corrected chi connectivity index (χ0v) is 29.5. The number of para-hydroxylation sites is 1. The highest BCUT2D eigenvalue weighted by Gasteiger charge is 2.57. The molecule has 3 aliphatic carbocycles. The smallest absolute Gasteiger partial charge is 0.0737 e. The van der Waals surface area contributed by atoms with E-state index in [-0.39, 0.29) is 5.41 Å². The van der Waals surface area contributed by atoms with Gasteiger partial charge in [-0.25, -0.2) is 0 Å². The third-order valence-corrected chi connectivity index (χ3v) is 12.2. The average molecular weight is 684 g/mol. The van der Waals surface area contributed by atoms with Crippen molar-refractivity contribution in [2.24, 2.45) is 0 Å². The molecule has 0 N–H and O–H groups in total. The summed E-state index contributed by atoms with van der Waals surface area (Å²) in [5.74, 6) is 0. The Bertz CT molecular complexity index is 2950. The van der Waals surface area contributed by atoms with Crippen molar-refractivity contribution < 1.29 is 0 Å². The molecule has 9 aromatic carbocycles. The summed E-state index contributed by atoms with van der Waals surface area (Å²) in [7, 11) is 0. The van der Waals surface area contributed by atoms with Crippen LogP contribution in [0, 0.1) is 0 Å². The Morgan fingerprint density at radius 2 is 0.796 bits per heavy atom. The van der Waals surface area contributed by atoms with E-state index < -0.39 is 0 Å². The molecule has 0 heterocycles. The zero-order valence-electron chi connectivity index (χ0n) is 29.5. The maximum absolute atomic E-state index is 2.49. The van der Waals surface area contributed by atoms with Gasteiger partial charge in [-0.05, 0) is 137 Å². The second-order valence-corrected chi connectivity index (χ2v) is 14.8. The van der Waals surface area contributed by atoms with E-state index in [1.807, 2.05) is 0 Å². The Morgan fingerprint density at radius 1 is 0.278 bits per heavy atom. The quantitative estimate of drug-likeness (QED) is 0.175. The molecule has 0 bridgehead atoms. The van der Waals surface area contributed by atoms with Crippen molar-refractivity contribution in [3.8, 4) is 55.6 Å². The first-order valence-corrected chi connectivity index (χ1v) is 18.8. The first-order valence-electron chi connectivity index (χ1n) is 18.8. The van der Waals surface area contributed by atoms with Gasteiger partial charge in [0.2, 0.25) is 0 Å². The van der Waals surface area contributed by atoms with Crippen LogP contribution in [0.3, 0.4) is 0 Å². The molecule has 0 saturated carbocycles. The van der Waals surface area contributed by atoms with Gasteiger partial charge in [-0.15, -0.1) is 0 Å². The van der Waals surface area contributed by atoms with Crippen LogP contribution in [0.15, 0.2) is 200 Å². The van der Waals surface area contributed by atoms with Gasteiger partial charge in [-0.2, -0.15) is 0 Å². The van der Waals surface area contributed by atoms with Crippen molar-refractivity contribution in [2.45, 2.75) is 5.41 Å². The fraction of sp³-hybridized carbons (Fsp3) is 0.0189. The Labute approximate surface area is 315 Å². The lowest BCUT2D eigenvalue weighted by molar-refractivity contribution is 0.818. The molecule has 0 aromatic heterocycles. The summed E-state index contributed by atoms with van der Waals surface area (Å²) >= 11 is 0. The van der Waals surface area contributed by atoms with Crippen molar-refractivity contribution in [1.82, 2.24) is 0 Å². The van der Waals surface area contributed by atoms with E-state index in [0.29, 0.717) is 0 Å². The lowest BCUT2D eigenvalue weighted by Crippen LogP contribution is -2.23. The summed E-state index contributed by atoms with van der Waals surface area (Å²) in [5, 5.41) is 2.51. The molecular formula is C53H33N. The maximum atomic E-state index is 2.49. The van der Waals surface area contributed by atoms with Crippen LogP contribution in [0.25, 0.3) is 66.4 Å². The first kappa shape index (κ1) is 29.6. The van der Waals surface area contributed by atoms with Crippen LogP contribution < -0.4 is 4.90 Å². The Hall–Kier alpha value is -6.96. The highest BCUT2D eigenvalue weighted by molar-refractivity contribution is 6.06. The Kier molecular flexibility index (Phi) is 6.04. The predicted octanol–water partition coefficient (Wildman–Crippen LogP) is 14.0. The van der Waals surface area contributed by atoms with E-state index >= 15 is 0 Å². The number of benzene rings is 9. The summed E-state index contributed by atoms with van der Waals surface area (Å²) in [6.07, 6.45) is 0. The molecule has 1 heteroatoms. The molecule has 250 valence electrons. The van der Waals surface area contributed by atoms with Gasteiger partial charge in [0.05, 0.1) is 5.41 Å². The molecule has 0 aliphatic heterocycles. The summed E-state index contributed by atoms with van der Waals surface area (Å²) in [6.45, 7) is 0. The summed E-state index contributed by atoms with van der Waals surface area (Å²) in [5.41, 5.74) is 21.9. The van der Waals surface area contributed by atoms with Gasteiger partial charge in [0.15, 0.2) is 0 Å². The second kappa shape index (κ2) is 11.0. The van der Waals surface area contributed by atoms with E-state index in [2.05, 4.69) is 205 Å². The largest absolute Gasteiger partial charge is 0.310 e. The van der Waals surface area contributed by atoms with Gasteiger partial charge in [-0.1, -0.05) is 152 Å². The van der Waals surface area contributed by atoms with Crippen molar-refractivity contribution in [3.63, 3.8) is 0 Å². The van der Waals surface area contributed by atoms with Crippen LogP contribution in [-0.4, -0.2) is 0 Å². The van der Waals surface area contributed by atoms with Gasteiger partial charge < -0.3 is 4.90 Å². The normalized spacial score (nSPS) is 15.1. The fourth-order valence-corrected chi connectivity index (χ4v) is 9.95. The van der Waals surface area contributed by atoms with Gasteiger partial charge in [0.25, 0.3) is 0 Å². The Balaban J connectivity index is 0.971. The van der Waals surface area contributed by atoms with Crippen LogP contribution >= 0.6 is 0 Å². The van der Waals surface area contributed by atoms with E-state index in [0.717, 1.165) is 17.1 Å². The molecule has 0 fully saturated rings. The molecule has 54 heavy (non-hydrogen) atoms. The molecule has 3 aliphatic rings. The maximum Gasteiger partial charge on any atom is 0.0737 e. The molecule has 0 saturated heterocycles. The standard InChI is InChI=1S/C53H33N/c1-2-14-40(15-3-1)54(42-16-8-13-37(32-42)38-24-23-34-11-4-5-12-36(34)31-38)41-28-25-35(26-29-41)39-27-30-44-46-19-10-21-48-47-20-9-18-45-43-17-6-7-22-49(43)53(51(45)47,52(46)48)50(44)33-39/h1-33H. The predicted molar refractivity (Wildman–Crippen MR) is 225 cm³/mol. The van der Waals surface area contributed by atoms with Crippen LogP contribution in [0.1, 0.15) is 22.3 Å². The number of hydrogen-bond acceptors (Lipinski definition) is 1. The topological polar surface area (TPSA) is 3.24 Å². The summed E-state index contributed by atoms with van der Waals surface area (Å²) < 4.78 is 0. The minimum absolute atomic E-state index is 0.278. The SMILES string of the molecule is c1ccc(N(c2ccc(-c3ccc4c(c3)C35c6ccccc6-c6cccc(c63)-c3cccc-4c35)cc2)c2cccc(-c3ccc4ccccc4c3)c2)cc1. The number of nitrogens with zero attached hydrogens (tertiary/aromatic N) is 1. The van der Waals surface area contributed by atoms with Crippen LogP contribution in [0.5, 0.6) is 0 Å². The lowest BCUT2D eigenvalue weighted by atomic mass is 9.73. The molecular weight excluding hydrogens is 651 g/mol. The minimum atomic E-state index is -0.278.